The molecule has 4 rings (SSSR count). The molecule has 0 spiro atoms. The lowest BCUT2D eigenvalue weighted by molar-refractivity contribution is 0.950. The summed E-state index contributed by atoms with van der Waals surface area (Å²) in [5.74, 6) is 0. The van der Waals surface area contributed by atoms with Crippen LogP contribution in [0.3, 0.4) is 0 Å². The van der Waals surface area contributed by atoms with E-state index in [0.29, 0.717) is 10.7 Å². The first-order chi connectivity index (χ1) is 12.0. The molecule has 0 aliphatic rings. The fourth-order valence-electron chi connectivity index (χ4n) is 2.82. The zero-order chi connectivity index (χ0) is 17.6. The number of rotatable bonds is 2. The van der Waals surface area contributed by atoms with E-state index in [1.54, 1.807) is 27.3 Å². The third kappa shape index (κ3) is 2.75. The first-order valence-electron chi connectivity index (χ1n) is 7.97. The van der Waals surface area contributed by atoms with E-state index < -0.39 is 0 Å². The van der Waals surface area contributed by atoms with Gasteiger partial charge in [-0.25, -0.2) is 4.98 Å². The molecule has 0 N–H and O–H groups in total. The summed E-state index contributed by atoms with van der Waals surface area (Å²) in [6, 6.07) is 13.3. The maximum absolute atomic E-state index is 12.8. The predicted molar refractivity (Wildman–Crippen MR) is 101 cm³/mol. The fourth-order valence-corrected chi connectivity index (χ4v) is 2.95. The third-order valence-electron chi connectivity index (χ3n) is 4.43. The summed E-state index contributed by atoms with van der Waals surface area (Å²) >= 11 is 5.93. The Morgan fingerprint density at radius 3 is 2.44 bits per heavy atom. The molecular weight excluding hydrogens is 334 g/mol. The SMILES string of the molecule is Cc1ccc(-c2cn3ccn(-c4ccc(Cl)cc4)c(=O)c3n2)cc1C. The average Bonchev–Trinajstić information content (AvgIpc) is 3.04. The molecule has 2 heterocycles. The highest BCUT2D eigenvalue weighted by Crippen LogP contribution is 2.21. The third-order valence-corrected chi connectivity index (χ3v) is 4.68. The molecule has 4 aromatic rings. The van der Waals surface area contributed by atoms with E-state index in [2.05, 4.69) is 31.0 Å². The van der Waals surface area contributed by atoms with Crippen LogP contribution in [0.2, 0.25) is 5.02 Å². The fraction of sp³-hybridized carbons (Fsp3) is 0.100. The molecule has 0 fully saturated rings. The molecule has 0 aliphatic heterocycles. The van der Waals surface area contributed by atoms with E-state index >= 15 is 0 Å². The quantitative estimate of drug-likeness (QED) is 0.537. The normalized spacial score (nSPS) is 11.2. The van der Waals surface area contributed by atoms with Crippen molar-refractivity contribution in [2.24, 2.45) is 0 Å². The highest BCUT2D eigenvalue weighted by Gasteiger charge is 2.11. The zero-order valence-corrected chi connectivity index (χ0v) is 14.7. The van der Waals surface area contributed by atoms with Gasteiger partial charge in [0.05, 0.1) is 5.69 Å². The van der Waals surface area contributed by atoms with Gasteiger partial charge in [0.1, 0.15) is 0 Å². The summed E-state index contributed by atoms with van der Waals surface area (Å²) in [4.78, 5) is 17.4. The van der Waals surface area contributed by atoms with E-state index in [-0.39, 0.29) is 5.56 Å². The molecule has 0 saturated heterocycles. The van der Waals surface area contributed by atoms with Crippen molar-refractivity contribution < 1.29 is 0 Å². The van der Waals surface area contributed by atoms with E-state index in [1.807, 2.05) is 30.6 Å². The molecule has 2 aromatic heterocycles. The molecular formula is C20H16ClN3O. The van der Waals surface area contributed by atoms with Gasteiger partial charge in [-0.1, -0.05) is 23.7 Å². The van der Waals surface area contributed by atoms with Crippen LogP contribution in [0.25, 0.3) is 22.6 Å². The van der Waals surface area contributed by atoms with Gasteiger partial charge in [-0.2, -0.15) is 0 Å². The Hall–Kier alpha value is -2.85. The molecule has 0 radical (unpaired) electrons. The Labute approximate surface area is 150 Å². The van der Waals surface area contributed by atoms with Gasteiger partial charge in [0, 0.05) is 34.9 Å². The lowest BCUT2D eigenvalue weighted by Gasteiger charge is -2.05. The number of imidazole rings is 1. The highest BCUT2D eigenvalue weighted by molar-refractivity contribution is 6.30. The lowest BCUT2D eigenvalue weighted by atomic mass is 10.1. The summed E-state index contributed by atoms with van der Waals surface area (Å²) in [5.41, 5.74) is 5.21. The molecule has 5 heteroatoms. The van der Waals surface area contributed by atoms with Crippen LogP contribution >= 0.6 is 11.6 Å². The number of benzene rings is 2. The van der Waals surface area contributed by atoms with Crippen molar-refractivity contribution in [3.8, 4) is 16.9 Å². The summed E-state index contributed by atoms with van der Waals surface area (Å²) < 4.78 is 3.34. The van der Waals surface area contributed by atoms with Crippen LogP contribution in [0.15, 0.2) is 65.8 Å². The number of nitrogens with zero attached hydrogens (tertiary/aromatic N) is 3. The van der Waals surface area contributed by atoms with Gasteiger partial charge in [0.15, 0.2) is 0 Å². The van der Waals surface area contributed by atoms with Gasteiger partial charge in [-0.15, -0.1) is 0 Å². The minimum atomic E-state index is -0.167. The summed E-state index contributed by atoms with van der Waals surface area (Å²) in [6.07, 6.45) is 5.46. The highest BCUT2D eigenvalue weighted by atomic mass is 35.5. The molecule has 25 heavy (non-hydrogen) atoms. The van der Waals surface area contributed by atoms with Gasteiger partial charge < -0.3 is 4.40 Å². The summed E-state index contributed by atoms with van der Waals surface area (Å²) in [6.45, 7) is 4.15. The number of aromatic nitrogens is 3. The first kappa shape index (κ1) is 15.7. The minimum Gasteiger partial charge on any atom is -0.300 e. The minimum absolute atomic E-state index is 0.167. The Bertz CT molecular complexity index is 1140. The van der Waals surface area contributed by atoms with Gasteiger partial charge in [0.25, 0.3) is 5.56 Å². The average molecular weight is 350 g/mol. The Morgan fingerprint density at radius 2 is 1.72 bits per heavy atom. The van der Waals surface area contributed by atoms with E-state index in [0.717, 1.165) is 16.9 Å². The van der Waals surface area contributed by atoms with Gasteiger partial charge >= 0.3 is 0 Å². The largest absolute Gasteiger partial charge is 0.300 e. The van der Waals surface area contributed by atoms with Crippen molar-refractivity contribution >= 4 is 17.2 Å². The maximum atomic E-state index is 12.8. The van der Waals surface area contributed by atoms with Crippen LogP contribution in [0, 0.1) is 13.8 Å². The molecule has 0 atom stereocenters. The zero-order valence-electron chi connectivity index (χ0n) is 13.9. The van der Waals surface area contributed by atoms with Gasteiger partial charge in [0.2, 0.25) is 5.65 Å². The van der Waals surface area contributed by atoms with Gasteiger partial charge in [-0.3, -0.25) is 9.36 Å². The van der Waals surface area contributed by atoms with Crippen molar-refractivity contribution in [2.45, 2.75) is 13.8 Å². The van der Waals surface area contributed by atoms with Crippen LogP contribution in [-0.4, -0.2) is 14.0 Å². The van der Waals surface area contributed by atoms with E-state index in [9.17, 15) is 4.79 Å². The van der Waals surface area contributed by atoms with Crippen LogP contribution in [0.1, 0.15) is 11.1 Å². The van der Waals surface area contributed by atoms with Crippen molar-refractivity contribution in [3.63, 3.8) is 0 Å². The lowest BCUT2D eigenvalue weighted by Crippen LogP contribution is -2.19. The second-order valence-corrected chi connectivity index (χ2v) is 6.54. The number of hydrogen-bond donors (Lipinski definition) is 0. The molecule has 0 bridgehead atoms. The van der Waals surface area contributed by atoms with Crippen molar-refractivity contribution in [2.75, 3.05) is 0 Å². The predicted octanol–water partition coefficient (Wildman–Crippen LogP) is 4.42. The van der Waals surface area contributed by atoms with E-state index in [1.165, 1.54) is 11.1 Å². The van der Waals surface area contributed by atoms with Crippen molar-refractivity contribution in [1.29, 1.82) is 0 Å². The molecule has 2 aromatic carbocycles. The number of aryl methyl sites for hydroxylation is 2. The van der Waals surface area contributed by atoms with Crippen LogP contribution < -0.4 is 5.56 Å². The topological polar surface area (TPSA) is 39.3 Å². The number of fused-ring (bicyclic) bond motifs is 1. The Morgan fingerprint density at radius 1 is 0.960 bits per heavy atom. The smallest absolute Gasteiger partial charge is 0.298 e. The van der Waals surface area contributed by atoms with Crippen molar-refractivity contribution in [3.05, 3.63) is 87.6 Å². The number of hydrogen-bond acceptors (Lipinski definition) is 2. The van der Waals surface area contributed by atoms with Crippen LogP contribution in [0.5, 0.6) is 0 Å². The molecule has 0 saturated carbocycles. The molecule has 4 nitrogen and oxygen atoms in total. The molecule has 0 amide bonds. The van der Waals surface area contributed by atoms with Crippen molar-refractivity contribution in [1.82, 2.24) is 14.0 Å². The second-order valence-electron chi connectivity index (χ2n) is 6.11. The van der Waals surface area contributed by atoms with Gasteiger partial charge in [-0.05, 0) is 55.3 Å². The molecule has 124 valence electrons. The number of halogens is 1. The monoisotopic (exact) mass is 349 g/mol. The Kier molecular flexibility index (Phi) is 3.70. The first-order valence-corrected chi connectivity index (χ1v) is 8.35. The standard InChI is InChI=1S/C20H16ClN3O/c1-13-3-4-15(11-14(13)2)18-12-23-9-10-24(20(25)19(23)22-18)17-7-5-16(21)6-8-17/h3-12H,1-2H3. The molecule has 0 unspecified atom stereocenters. The summed E-state index contributed by atoms with van der Waals surface area (Å²) in [5, 5.41) is 0.635. The second kappa shape index (κ2) is 5.90. The van der Waals surface area contributed by atoms with E-state index in [4.69, 9.17) is 11.6 Å². The summed E-state index contributed by atoms with van der Waals surface area (Å²) in [7, 11) is 0. The molecule has 0 aliphatic carbocycles. The van der Waals surface area contributed by atoms with Crippen LogP contribution in [0.4, 0.5) is 0 Å². The van der Waals surface area contributed by atoms with Crippen LogP contribution in [-0.2, 0) is 0 Å². The Balaban J connectivity index is 1.86. The maximum Gasteiger partial charge on any atom is 0.298 e.